The number of hydrogen-bond acceptors (Lipinski definition) is 2. The number of alkyl halides is 3. The van der Waals surface area contributed by atoms with Crippen molar-refractivity contribution in [2.24, 2.45) is 0 Å². The Bertz CT molecular complexity index is 248. The Morgan fingerprint density at radius 1 is 1.53 bits per heavy atom. The predicted molar refractivity (Wildman–Crippen MR) is 44.4 cm³/mol. The Hall–Kier alpha value is 1.93. The van der Waals surface area contributed by atoms with E-state index >= 15 is 0 Å². The van der Waals surface area contributed by atoms with Crippen LogP contribution >= 0.6 is 5.78 Å². The van der Waals surface area contributed by atoms with Gasteiger partial charge in [0.25, 0.3) is 0 Å². The van der Waals surface area contributed by atoms with Crippen molar-refractivity contribution in [2.45, 2.75) is 31.2 Å². The Labute approximate surface area is 123 Å². The van der Waals surface area contributed by atoms with Crippen molar-refractivity contribution < 1.29 is 73.9 Å². The molecule has 0 N–H and O–H groups in total. The van der Waals surface area contributed by atoms with Crippen LogP contribution < -0.4 is 0 Å². The smallest absolute Gasteiger partial charge is 0 e. The van der Waals surface area contributed by atoms with E-state index in [2.05, 4.69) is 4.74 Å². The second-order valence-corrected chi connectivity index (χ2v) is 10.7. The summed E-state index contributed by atoms with van der Waals surface area (Å²) in [5, 5.41) is 0. The molecule has 1 unspecified atom stereocenters. The topological polar surface area (TPSA) is 18.5 Å². The van der Waals surface area contributed by atoms with Gasteiger partial charge in [0.1, 0.15) is 0 Å². The van der Waals surface area contributed by atoms with Crippen LogP contribution in [0, 0.1) is 0 Å². The molecule has 87 valence electrons. The molecule has 1 heterocycles. The molecule has 1 radical (unpaired) electrons. The Morgan fingerprint density at radius 2 is 2.07 bits per heavy atom. The molecule has 0 aromatic rings. The van der Waals surface area contributed by atoms with Crippen molar-refractivity contribution in [3.63, 3.8) is 0 Å². The van der Waals surface area contributed by atoms with Gasteiger partial charge < -0.3 is 0 Å². The van der Waals surface area contributed by atoms with Gasteiger partial charge in [-0.2, -0.15) is 0 Å². The zero-order chi connectivity index (χ0) is 10.9. The summed E-state index contributed by atoms with van der Waals surface area (Å²) >= 11 is 1.20. The molecule has 1 saturated heterocycles. The van der Waals surface area contributed by atoms with Crippen LogP contribution in [0.15, 0.2) is 0 Å². The minimum atomic E-state index is -2.60. The molecule has 0 aromatic carbocycles. The van der Waals surface area contributed by atoms with Crippen molar-refractivity contribution >= 4 is 5.78 Å². The van der Waals surface area contributed by atoms with Gasteiger partial charge in [-0.25, -0.2) is 0 Å². The summed E-state index contributed by atoms with van der Waals surface area (Å²) in [6.45, 7) is 2.63. The largest absolute Gasteiger partial charge is 0 e. The van der Waals surface area contributed by atoms with Crippen LogP contribution in [0.2, 0.25) is 0 Å². The van der Waals surface area contributed by atoms with E-state index in [1.807, 2.05) is 6.66 Å². The number of hydrogen-bond donors (Lipinski definition) is 0. The van der Waals surface area contributed by atoms with E-state index in [4.69, 9.17) is 4.52 Å². The number of ether oxygens (including phenoxy) is 1. The summed E-state index contributed by atoms with van der Waals surface area (Å²) in [6.07, 6.45) is -5.19. The predicted octanol–water partition coefficient (Wildman–Crippen LogP) is 1.98. The molecule has 2 nitrogen and oxygen atoms in total. The van der Waals surface area contributed by atoms with Gasteiger partial charge in [0.05, 0.1) is 0 Å². The van der Waals surface area contributed by atoms with Crippen LogP contribution in [-0.4, -0.2) is 37.6 Å². The van der Waals surface area contributed by atoms with Gasteiger partial charge in [0.15, 0.2) is 0 Å². The molecule has 0 amide bonds. The fraction of sp³-hybridized carbons (Fsp3) is 1.00. The monoisotopic (exact) mass is 489 g/mol. The third-order valence-electron chi connectivity index (χ3n) is 1.99. The van der Waals surface area contributed by atoms with E-state index in [0.29, 0.717) is 0 Å². The van der Waals surface area contributed by atoms with Crippen LogP contribution in [0.4, 0.5) is 13.2 Å². The maximum atomic E-state index is 13.6. The van der Waals surface area contributed by atoms with Crippen LogP contribution in [0.3, 0.4) is 0 Å². The Balaban J connectivity index is 0.00000196. The molecule has 1 aliphatic rings. The average Bonchev–Trinajstić information content (AvgIpc) is 2.28. The quantitative estimate of drug-likeness (QED) is 0.566. The van der Waals surface area contributed by atoms with E-state index in [1.54, 1.807) is 0 Å². The minimum absolute atomic E-state index is 0. The first-order chi connectivity index (χ1) is 6.37. The molecule has 1 fully saturated rings. The van der Waals surface area contributed by atoms with Gasteiger partial charge in [-0.05, 0) is 0 Å². The zero-order valence-corrected chi connectivity index (χ0v) is 15.1. The van der Waals surface area contributed by atoms with Gasteiger partial charge in [0, 0.05) is 32.7 Å². The fourth-order valence-corrected chi connectivity index (χ4v) is 2.26. The first-order valence-electron chi connectivity index (χ1n) is 4.15. The Kier molecular flexibility index (Phi) is 7.63. The summed E-state index contributed by atoms with van der Waals surface area (Å²) in [5.74, 6) is -3.64. The summed E-state index contributed by atoms with van der Waals surface area (Å²) in [5.41, 5.74) is 0. The second-order valence-electron chi connectivity index (χ2n) is 3.24. The standard InChI is InChI=1S/C7H12F3O2P.W.Y/c1-4-5(8)6(9)7(10,12-4)3-11-13-2;;/h4-6,13H,3H2,1-2H3;;/t4-,5-,6-,7+;;/m0../s1. The third kappa shape index (κ3) is 4.26. The summed E-state index contributed by atoms with van der Waals surface area (Å²) < 4.78 is 49.3. The maximum absolute atomic E-state index is 13.6. The molecule has 0 saturated carbocycles. The van der Waals surface area contributed by atoms with Gasteiger partial charge in [-0.1, -0.05) is 0 Å². The van der Waals surface area contributed by atoms with Crippen LogP contribution in [-0.2, 0) is 60.8 Å². The normalized spacial score (nSPS) is 42.3. The second kappa shape index (κ2) is 6.76. The van der Waals surface area contributed by atoms with Gasteiger partial charge in [-0.15, -0.1) is 0 Å². The van der Waals surface area contributed by atoms with Gasteiger partial charge in [0.2, 0.25) is 0 Å². The molecule has 0 spiro atoms. The summed E-state index contributed by atoms with van der Waals surface area (Å²) in [4.78, 5) is 0. The van der Waals surface area contributed by atoms with Crippen LogP contribution in [0.1, 0.15) is 6.92 Å². The number of halogens is 3. The summed E-state index contributed by atoms with van der Waals surface area (Å²) in [7, 11) is 0. The summed E-state index contributed by atoms with van der Waals surface area (Å²) in [6, 6.07) is 0. The minimum Gasteiger partial charge on any atom is 0 e. The molecule has 8 heteroatoms. The van der Waals surface area contributed by atoms with Crippen molar-refractivity contribution in [3.8, 4) is 0 Å². The fourth-order valence-electron chi connectivity index (χ4n) is 1.23. The van der Waals surface area contributed by atoms with Gasteiger partial charge >= 0.3 is 91.5 Å². The molecule has 5 atom stereocenters. The van der Waals surface area contributed by atoms with Crippen molar-refractivity contribution in [2.75, 3.05) is 13.3 Å². The van der Waals surface area contributed by atoms with E-state index in [1.165, 1.54) is 25.7 Å². The Morgan fingerprint density at radius 3 is 2.40 bits per heavy atom. The molecular weight excluding hydrogens is 477 g/mol. The first-order valence-corrected chi connectivity index (χ1v) is 10.4. The van der Waals surface area contributed by atoms with Crippen molar-refractivity contribution in [1.82, 2.24) is 0 Å². The molecule has 0 aromatic heterocycles. The first kappa shape index (κ1) is 16.9. The molecule has 15 heavy (non-hydrogen) atoms. The molecule has 0 aliphatic carbocycles. The third-order valence-corrected chi connectivity index (χ3v) is 3.81. The van der Waals surface area contributed by atoms with Gasteiger partial charge in [-0.3, -0.25) is 0 Å². The number of rotatable bonds is 3. The van der Waals surface area contributed by atoms with Crippen LogP contribution in [0.5, 0.6) is 0 Å². The molecule has 1 aliphatic heterocycles. The average molecular weight is 489 g/mol. The van der Waals surface area contributed by atoms with Crippen molar-refractivity contribution in [1.29, 1.82) is 0 Å². The SMILES string of the molecule is C[C@@H]1O[C@](F)(CO[PH](C)=[W])[C@@H](F)[C@H]1F.[Y]. The van der Waals surface area contributed by atoms with Crippen molar-refractivity contribution in [3.05, 3.63) is 0 Å². The van der Waals surface area contributed by atoms with E-state index in [-0.39, 0.29) is 32.7 Å². The molecular formula is C7H12F3O2PWY. The maximum Gasteiger partial charge on any atom is 0 e. The molecule has 1 rings (SSSR count). The van der Waals surface area contributed by atoms with E-state index < -0.39 is 36.7 Å². The van der Waals surface area contributed by atoms with E-state index in [9.17, 15) is 13.2 Å². The van der Waals surface area contributed by atoms with E-state index in [0.717, 1.165) is 0 Å². The molecule has 0 bridgehead atoms. The van der Waals surface area contributed by atoms with Crippen LogP contribution in [0.25, 0.3) is 0 Å². The zero-order valence-electron chi connectivity index (χ0n) is 8.38.